The molecule has 0 unspecified atom stereocenters. The SMILES string of the molecule is Cc1cccc(Nc2ccc(C(=O)N3CCN(c4ncccn4)CC3)nn2)c1C. The molecule has 1 aromatic carbocycles. The Labute approximate surface area is 169 Å². The third kappa shape index (κ3) is 4.16. The molecule has 1 saturated heterocycles. The lowest BCUT2D eigenvalue weighted by Gasteiger charge is -2.34. The third-order valence-corrected chi connectivity index (χ3v) is 5.15. The van der Waals surface area contributed by atoms with Gasteiger partial charge in [0.25, 0.3) is 5.91 Å². The van der Waals surface area contributed by atoms with E-state index in [2.05, 4.69) is 50.3 Å². The summed E-state index contributed by atoms with van der Waals surface area (Å²) in [5.74, 6) is 1.20. The first kappa shape index (κ1) is 18.8. The largest absolute Gasteiger partial charge is 0.339 e. The number of aromatic nitrogens is 4. The van der Waals surface area contributed by atoms with Crippen LogP contribution in [-0.4, -0.2) is 57.2 Å². The van der Waals surface area contributed by atoms with Gasteiger partial charge < -0.3 is 15.1 Å². The van der Waals surface area contributed by atoms with Crippen LogP contribution in [0.2, 0.25) is 0 Å². The maximum Gasteiger partial charge on any atom is 0.274 e. The molecule has 3 heterocycles. The van der Waals surface area contributed by atoms with Gasteiger partial charge in [0.1, 0.15) is 0 Å². The second kappa shape index (κ2) is 8.22. The number of amides is 1. The lowest BCUT2D eigenvalue weighted by molar-refractivity contribution is 0.0739. The van der Waals surface area contributed by atoms with Crippen molar-refractivity contribution in [2.24, 2.45) is 0 Å². The van der Waals surface area contributed by atoms with Gasteiger partial charge in [-0.3, -0.25) is 4.79 Å². The molecule has 8 heteroatoms. The second-order valence-electron chi connectivity index (χ2n) is 7.00. The fourth-order valence-electron chi connectivity index (χ4n) is 3.26. The van der Waals surface area contributed by atoms with E-state index >= 15 is 0 Å². The minimum atomic E-state index is -0.107. The highest BCUT2D eigenvalue weighted by Gasteiger charge is 2.24. The predicted molar refractivity (Wildman–Crippen MR) is 111 cm³/mol. The Morgan fingerprint density at radius 1 is 0.931 bits per heavy atom. The highest BCUT2D eigenvalue weighted by atomic mass is 16.2. The summed E-state index contributed by atoms with van der Waals surface area (Å²) in [5.41, 5.74) is 3.70. The van der Waals surface area contributed by atoms with Gasteiger partial charge in [-0.25, -0.2) is 9.97 Å². The Morgan fingerprint density at radius 2 is 1.69 bits per heavy atom. The molecule has 0 radical (unpaired) electrons. The summed E-state index contributed by atoms with van der Waals surface area (Å²) in [5, 5.41) is 11.6. The molecule has 29 heavy (non-hydrogen) atoms. The molecule has 148 valence electrons. The molecule has 3 aromatic rings. The summed E-state index contributed by atoms with van der Waals surface area (Å²) in [6.07, 6.45) is 3.45. The predicted octanol–water partition coefficient (Wildman–Crippen LogP) is 2.59. The minimum absolute atomic E-state index is 0.107. The number of hydrogen-bond donors (Lipinski definition) is 1. The van der Waals surface area contributed by atoms with Crippen molar-refractivity contribution in [2.45, 2.75) is 13.8 Å². The van der Waals surface area contributed by atoms with Crippen LogP contribution in [0.4, 0.5) is 17.5 Å². The molecular weight excluding hydrogens is 366 g/mol. The Bertz CT molecular complexity index is 984. The first-order valence-corrected chi connectivity index (χ1v) is 9.60. The summed E-state index contributed by atoms with van der Waals surface area (Å²) >= 11 is 0. The van der Waals surface area contributed by atoms with Crippen molar-refractivity contribution in [3.05, 3.63) is 65.6 Å². The number of carbonyl (C=O) groups excluding carboxylic acids is 1. The van der Waals surface area contributed by atoms with Gasteiger partial charge in [0.05, 0.1) is 0 Å². The van der Waals surface area contributed by atoms with Crippen LogP contribution in [0.3, 0.4) is 0 Å². The molecule has 1 aliphatic rings. The smallest absolute Gasteiger partial charge is 0.274 e. The summed E-state index contributed by atoms with van der Waals surface area (Å²) in [4.78, 5) is 25.2. The number of nitrogens with zero attached hydrogens (tertiary/aromatic N) is 6. The number of carbonyl (C=O) groups is 1. The first-order valence-electron chi connectivity index (χ1n) is 9.60. The molecule has 0 spiro atoms. The maximum atomic E-state index is 12.8. The molecule has 0 aliphatic carbocycles. The van der Waals surface area contributed by atoms with Gasteiger partial charge in [0.2, 0.25) is 5.95 Å². The first-order chi connectivity index (χ1) is 14.1. The summed E-state index contributed by atoms with van der Waals surface area (Å²) in [7, 11) is 0. The minimum Gasteiger partial charge on any atom is -0.339 e. The van der Waals surface area contributed by atoms with E-state index in [1.807, 2.05) is 12.1 Å². The second-order valence-corrected chi connectivity index (χ2v) is 7.00. The fraction of sp³-hybridized carbons (Fsp3) is 0.286. The van der Waals surface area contributed by atoms with Crippen LogP contribution in [0.5, 0.6) is 0 Å². The molecule has 1 aliphatic heterocycles. The molecule has 1 amide bonds. The molecule has 4 rings (SSSR count). The average molecular weight is 389 g/mol. The summed E-state index contributed by atoms with van der Waals surface area (Å²) in [6, 6.07) is 11.4. The van der Waals surface area contributed by atoms with Crippen molar-refractivity contribution < 1.29 is 4.79 Å². The van der Waals surface area contributed by atoms with Crippen molar-refractivity contribution in [3.63, 3.8) is 0 Å². The van der Waals surface area contributed by atoms with Gasteiger partial charge in [-0.05, 0) is 49.2 Å². The van der Waals surface area contributed by atoms with Gasteiger partial charge in [-0.15, -0.1) is 10.2 Å². The maximum absolute atomic E-state index is 12.8. The van der Waals surface area contributed by atoms with Crippen LogP contribution in [-0.2, 0) is 0 Å². The fourth-order valence-corrected chi connectivity index (χ4v) is 3.26. The van der Waals surface area contributed by atoms with Crippen LogP contribution >= 0.6 is 0 Å². The topological polar surface area (TPSA) is 87.1 Å². The van der Waals surface area contributed by atoms with Gasteiger partial charge in [-0.2, -0.15) is 0 Å². The Balaban J connectivity index is 1.38. The lowest BCUT2D eigenvalue weighted by atomic mass is 10.1. The van der Waals surface area contributed by atoms with E-state index in [4.69, 9.17) is 0 Å². The number of benzene rings is 1. The van der Waals surface area contributed by atoms with E-state index < -0.39 is 0 Å². The zero-order valence-electron chi connectivity index (χ0n) is 16.5. The van der Waals surface area contributed by atoms with E-state index in [1.165, 1.54) is 5.56 Å². The van der Waals surface area contributed by atoms with Gasteiger partial charge in [0, 0.05) is 44.3 Å². The highest BCUT2D eigenvalue weighted by Crippen LogP contribution is 2.21. The zero-order valence-corrected chi connectivity index (χ0v) is 16.5. The van der Waals surface area contributed by atoms with Crippen molar-refractivity contribution in [2.75, 3.05) is 36.4 Å². The van der Waals surface area contributed by atoms with Crippen LogP contribution < -0.4 is 10.2 Å². The van der Waals surface area contributed by atoms with Crippen molar-refractivity contribution in [1.29, 1.82) is 0 Å². The van der Waals surface area contributed by atoms with Gasteiger partial charge in [-0.1, -0.05) is 12.1 Å². The summed E-state index contributed by atoms with van der Waals surface area (Å²) in [6.45, 7) is 6.70. The number of piperazine rings is 1. The van der Waals surface area contributed by atoms with E-state index in [9.17, 15) is 4.79 Å². The molecule has 0 atom stereocenters. The Kier molecular flexibility index (Phi) is 5.33. The van der Waals surface area contributed by atoms with Crippen LogP contribution in [0.1, 0.15) is 21.6 Å². The highest BCUT2D eigenvalue weighted by molar-refractivity contribution is 5.92. The van der Waals surface area contributed by atoms with Crippen molar-refractivity contribution in [1.82, 2.24) is 25.1 Å². The van der Waals surface area contributed by atoms with Crippen LogP contribution in [0.15, 0.2) is 48.8 Å². The van der Waals surface area contributed by atoms with E-state index in [0.717, 1.165) is 11.3 Å². The van der Waals surface area contributed by atoms with Gasteiger partial charge >= 0.3 is 0 Å². The van der Waals surface area contributed by atoms with Crippen molar-refractivity contribution >= 4 is 23.4 Å². The number of rotatable bonds is 4. The Hall–Kier alpha value is -3.55. The molecule has 2 aromatic heterocycles. The average Bonchev–Trinajstić information content (AvgIpc) is 2.78. The van der Waals surface area contributed by atoms with E-state index in [-0.39, 0.29) is 5.91 Å². The zero-order chi connectivity index (χ0) is 20.2. The van der Waals surface area contributed by atoms with Gasteiger partial charge in [0.15, 0.2) is 11.5 Å². The third-order valence-electron chi connectivity index (χ3n) is 5.15. The summed E-state index contributed by atoms with van der Waals surface area (Å²) < 4.78 is 0. The quantitative estimate of drug-likeness (QED) is 0.734. The van der Waals surface area contributed by atoms with Crippen LogP contribution in [0, 0.1) is 13.8 Å². The molecule has 1 N–H and O–H groups in total. The molecule has 0 saturated carbocycles. The number of nitrogens with one attached hydrogen (secondary N) is 1. The van der Waals surface area contributed by atoms with E-state index in [0.29, 0.717) is 43.6 Å². The monoisotopic (exact) mass is 389 g/mol. The number of aryl methyl sites for hydroxylation is 1. The molecular formula is C21H23N7O. The Morgan fingerprint density at radius 3 is 2.38 bits per heavy atom. The molecule has 8 nitrogen and oxygen atoms in total. The molecule has 1 fully saturated rings. The van der Waals surface area contributed by atoms with Crippen molar-refractivity contribution in [3.8, 4) is 0 Å². The number of anilines is 3. The molecule has 0 bridgehead atoms. The lowest BCUT2D eigenvalue weighted by Crippen LogP contribution is -2.49. The standard InChI is InChI=1S/C21H23N7O/c1-15-5-3-6-17(16(15)2)24-19-8-7-18(25-26-19)20(29)27-11-13-28(14-12-27)21-22-9-4-10-23-21/h3-10H,11-14H2,1-2H3,(H,24,26). The van der Waals surface area contributed by atoms with Crippen LogP contribution in [0.25, 0.3) is 0 Å². The number of hydrogen-bond acceptors (Lipinski definition) is 7. The normalized spacial score (nSPS) is 14.0. The van der Waals surface area contributed by atoms with E-state index in [1.54, 1.807) is 35.5 Å².